The highest BCUT2D eigenvalue weighted by Gasteiger charge is 2.24. The van der Waals surface area contributed by atoms with Crippen molar-refractivity contribution < 1.29 is 19.0 Å². The number of amides is 2. The number of fused-ring (bicyclic) bond motifs is 1. The summed E-state index contributed by atoms with van der Waals surface area (Å²) in [6.07, 6.45) is 0. The van der Waals surface area contributed by atoms with E-state index in [4.69, 9.17) is 19.2 Å². The van der Waals surface area contributed by atoms with Crippen molar-refractivity contribution in [1.29, 1.82) is 0 Å². The normalized spacial score (nSPS) is 18.5. The molecule has 2 aromatic rings. The van der Waals surface area contributed by atoms with Gasteiger partial charge in [0.1, 0.15) is 19.0 Å². The molecule has 5 rings (SSSR count). The van der Waals surface area contributed by atoms with E-state index in [2.05, 4.69) is 20.1 Å². The molecule has 170 valence electrons. The van der Waals surface area contributed by atoms with Crippen LogP contribution in [0.1, 0.15) is 5.69 Å². The number of rotatable bonds is 3. The Bertz CT molecular complexity index is 973. The van der Waals surface area contributed by atoms with Crippen molar-refractivity contribution in [2.45, 2.75) is 6.92 Å². The molecule has 3 aliphatic heterocycles. The summed E-state index contributed by atoms with van der Waals surface area (Å²) in [5.41, 5.74) is 1.64. The van der Waals surface area contributed by atoms with Gasteiger partial charge in [-0.1, -0.05) is 0 Å². The highest BCUT2D eigenvalue weighted by molar-refractivity contribution is 5.90. The second kappa shape index (κ2) is 9.07. The summed E-state index contributed by atoms with van der Waals surface area (Å²) in [6, 6.07) is 7.35. The summed E-state index contributed by atoms with van der Waals surface area (Å²) in [7, 11) is 0. The first-order valence-corrected chi connectivity index (χ1v) is 11.0. The van der Waals surface area contributed by atoms with E-state index in [0.29, 0.717) is 69.8 Å². The number of nitrogens with zero attached hydrogens (tertiary/aromatic N) is 5. The van der Waals surface area contributed by atoms with E-state index >= 15 is 0 Å². The van der Waals surface area contributed by atoms with Crippen molar-refractivity contribution in [2.75, 3.05) is 80.8 Å². The summed E-state index contributed by atoms with van der Waals surface area (Å²) in [4.78, 5) is 28.4. The van der Waals surface area contributed by atoms with Gasteiger partial charge in [-0.05, 0) is 19.1 Å². The van der Waals surface area contributed by atoms with E-state index < -0.39 is 0 Å². The predicted molar refractivity (Wildman–Crippen MR) is 120 cm³/mol. The zero-order valence-electron chi connectivity index (χ0n) is 18.2. The predicted octanol–water partition coefficient (Wildman–Crippen LogP) is 1.75. The first-order chi connectivity index (χ1) is 15.7. The molecule has 1 aromatic carbocycles. The minimum absolute atomic E-state index is 0.116. The van der Waals surface area contributed by atoms with Crippen LogP contribution in [0, 0.1) is 6.92 Å². The maximum Gasteiger partial charge on any atom is 0.321 e. The third-order valence-corrected chi connectivity index (χ3v) is 5.81. The highest BCUT2D eigenvalue weighted by Crippen LogP contribution is 2.32. The van der Waals surface area contributed by atoms with Gasteiger partial charge in [0.15, 0.2) is 11.5 Å². The quantitative estimate of drug-likeness (QED) is 0.772. The number of morpholine rings is 1. The van der Waals surface area contributed by atoms with E-state index in [0.717, 1.165) is 30.5 Å². The van der Waals surface area contributed by atoms with Crippen molar-refractivity contribution >= 4 is 23.5 Å². The first-order valence-electron chi connectivity index (χ1n) is 11.0. The Hall–Kier alpha value is -3.27. The SMILES string of the molecule is Cc1cc(N2CCN(C(=O)Nc3ccc4c(c3)OCCO4)CC2)nc(N2CCOCC2)n1. The second-order valence-electron chi connectivity index (χ2n) is 8.03. The van der Waals surface area contributed by atoms with Crippen LogP contribution in [0.15, 0.2) is 24.3 Å². The number of urea groups is 1. The lowest BCUT2D eigenvalue weighted by molar-refractivity contribution is 0.122. The topological polar surface area (TPSA) is 92.3 Å². The smallest absolute Gasteiger partial charge is 0.321 e. The molecule has 1 aromatic heterocycles. The van der Waals surface area contributed by atoms with Crippen LogP contribution in [-0.4, -0.2) is 86.6 Å². The fourth-order valence-corrected chi connectivity index (χ4v) is 4.07. The monoisotopic (exact) mass is 440 g/mol. The fourth-order valence-electron chi connectivity index (χ4n) is 4.07. The minimum Gasteiger partial charge on any atom is -0.486 e. The van der Waals surface area contributed by atoms with Crippen LogP contribution in [0.25, 0.3) is 0 Å². The first kappa shape index (κ1) is 20.6. The van der Waals surface area contributed by atoms with Crippen LogP contribution in [0.2, 0.25) is 0 Å². The number of piperazine rings is 1. The molecule has 32 heavy (non-hydrogen) atoms. The number of hydrogen-bond acceptors (Lipinski definition) is 8. The second-order valence-corrected chi connectivity index (χ2v) is 8.03. The maximum absolute atomic E-state index is 12.8. The molecule has 4 heterocycles. The molecule has 10 heteroatoms. The molecule has 3 aliphatic rings. The Balaban J connectivity index is 1.19. The number of hydrogen-bond donors (Lipinski definition) is 1. The summed E-state index contributed by atoms with van der Waals surface area (Å²) in [5.74, 6) is 3.03. The van der Waals surface area contributed by atoms with Crippen LogP contribution >= 0.6 is 0 Å². The third-order valence-electron chi connectivity index (χ3n) is 5.81. The van der Waals surface area contributed by atoms with Crippen molar-refractivity contribution in [2.24, 2.45) is 0 Å². The number of carbonyl (C=O) groups is 1. The lowest BCUT2D eigenvalue weighted by atomic mass is 10.2. The van der Waals surface area contributed by atoms with Gasteiger partial charge >= 0.3 is 6.03 Å². The summed E-state index contributed by atoms with van der Waals surface area (Å²) in [6.45, 7) is 8.72. The molecule has 0 radical (unpaired) electrons. The number of benzene rings is 1. The van der Waals surface area contributed by atoms with Crippen LogP contribution in [0.4, 0.5) is 22.2 Å². The van der Waals surface area contributed by atoms with Crippen LogP contribution < -0.4 is 24.6 Å². The van der Waals surface area contributed by atoms with Crippen molar-refractivity contribution in [1.82, 2.24) is 14.9 Å². The lowest BCUT2D eigenvalue weighted by Gasteiger charge is -2.36. The van der Waals surface area contributed by atoms with E-state index in [1.807, 2.05) is 30.0 Å². The Morgan fingerprint density at radius 1 is 0.875 bits per heavy atom. The minimum atomic E-state index is -0.116. The standard InChI is InChI=1S/C22H28N6O4/c1-16-14-20(25-21(23-16)27-8-10-30-11-9-27)26-4-6-28(7-5-26)22(29)24-17-2-3-18-19(15-17)32-13-12-31-18/h2-3,14-15H,4-13H2,1H3,(H,24,29). The molecule has 0 saturated carbocycles. The van der Waals surface area contributed by atoms with Crippen molar-refractivity contribution in [3.63, 3.8) is 0 Å². The van der Waals surface area contributed by atoms with Crippen LogP contribution in [-0.2, 0) is 4.74 Å². The molecule has 2 fully saturated rings. The maximum atomic E-state index is 12.8. The molecule has 0 bridgehead atoms. The van der Waals surface area contributed by atoms with Gasteiger partial charge in [-0.15, -0.1) is 0 Å². The molecule has 10 nitrogen and oxygen atoms in total. The number of ether oxygens (including phenoxy) is 3. The van der Waals surface area contributed by atoms with E-state index in [-0.39, 0.29) is 6.03 Å². The Morgan fingerprint density at radius 3 is 2.41 bits per heavy atom. The van der Waals surface area contributed by atoms with Gasteiger partial charge < -0.3 is 34.2 Å². The van der Waals surface area contributed by atoms with Gasteiger partial charge in [-0.25, -0.2) is 9.78 Å². The molecule has 2 amide bonds. The van der Waals surface area contributed by atoms with Crippen LogP contribution in [0.3, 0.4) is 0 Å². The van der Waals surface area contributed by atoms with E-state index in [1.54, 1.807) is 6.07 Å². The number of nitrogens with one attached hydrogen (secondary N) is 1. The van der Waals surface area contributed by atoms with Crippen LogP contribution in [0.5, 0.6) is 11.5 Å². The largest absolute Gasteiger partial charge is 0.486 e. The molecular weight excluding hydrogens is 412 g/mol. The van der Waals surface area contributed by atoms with Crippen molar-refractivity contribution in [3.8, 4) is 11.5 Å². The number of aromatic nitrogens is 2. The molecule has 0 spiro atoms. The molecule has 2 saturated heterocycles. The average molecular weight is 441 g/mol. The van der Waals surface area contributed by atoms with E-state index in [9.17, 15) is 4.79 Å². The number of carbonyl (C=O) groups excluding carboxylic acids is 1. The molecule has 0 atom stereocenters. The summed E-state index contributed by atoms with van der Waals surface area (Å²) < 4.78 is 16.6. The zero-order valence-corrected chi connectivity index (χ0v) is 18.2. The number of anilines is 3. The van der Waals surface area contributed by atoms with Gasteiger partial charge in [-0.3, -0.25) is 0 Å². The third kappa shape index (κ3) is 4.50. The summed E-state index contributed by atoms with van der Waals surface area (Å²) in [5, 5.41) is 2.97. The van der Waals surface area contributed by atoms with Gasteiger partial charge in [0, 0.05) is 62.8 Å². The Kier molecular flexibility index (Phi) is 5.85. The van der Waals surface area contributed by atoms with Gasteiger partial charge in [0.2, 0.25) is 5.95 Å². The summed E-state index contributed by atoms with van der Waals surface area (Å²) >= 11 is 0. The highest BCUT2D eigenvalue weighted by atomic mass is 16.6. The lowest BCUT2D eigenvalue weighted by Crippen LogP contribution is -2.50. The van der Waals surface area contributed by atoms with Gasteiger partial charge in [0.05, 0.1) is 13.2 Å². The zero-order chi connectivity index (χ0) is 21.9. The van der Waals surface area contributed by atoms with E-state index in [1.165, 1.54) is 0 Å². The van der Waals surface area contributed by atoms with Gasteiger partial charge in [-0.2, -0.15) is 4.98 Å². The Morgan fingerprint density at radius 2 is 1.62 bits per heavy atom. The molecule has 0 unspecified atom stereocenters. The fraction of sp³-hybridized carbons (Fsp3) is 0.500. The number of aryl methyl sites for hydroxylation is 1. The Labute approximate surface area is 187 Å². The molecule has 1 N–H and O–H groups in total. The van der Waals surface area contributed by atoms with Crippen molar-refractivity contribution in [3.05, 3.63) is 30.0 Å². The molecule has 0 aliphatic carbocycles. The average Bonchev–Trinajstić information content (AvgIpc) is 2.84. The van der Waals surface area contributed by atoms with Gasteiger partial charge in [0.25, 0.3) is 0 Å². The molecular formula is C22H28N6O4.